The van der Waals surface area contributed by atoms with Crippen LogP contribution in [-0.2, 0) is 4.74 Å². The second kappa shape index (κ2) is 5.74. The first-order valence-electron chi connectivity index (χ1n) is 6.87. The maximum atomic E-state index is 12.8. The molecule has 0 aliphatic heterocycles. The lowest BCUT2D eigenvalue weighted by molar-refractivity contribution is -0.0194. The van der Waals surface area contributed by atoms with E-state index in [0.717, 1.165) is 42.6 Å². The van der Waals surface area contributed by atoms with Crippen LogP contribution in [0, 0.1) is 6.92 Å². The van der Waals surface area contributed by atoms with E-state index in [0.29, 0.717) is 0 Å². The Morgan fingerprint density at radius 3 is 2.37 bits per heavy atom. The Balaban J connectivity index is 2.32. The molecule has 3 nitrogen and oxygen atoms in total. The number of rotatable bonds is 4. The van der Waals surface area contributed by atoms with Crippen molar-refractivity contribution in [1.82, 2.24) is 0 Å². The van der Waals surface area contributed by atoms with Gasteiger partial charge in [-0.05, 0) is 43.5 Å². The van der Waals surface area contributed by atoms with E-state index in [4.69, 9.17) is 9.47 Å². The number of ether oxygens (including phenoxy) is 2. The van der Waals surface area contributed by atoms with Gasteiger partial charge in [0.1, 0.15) is 11.4 Å². The molecule has 0 N–H and O–H groups in total. The van der Waals surface area contributed by atoms with Crippen LogP contribution in [0.5, 0.6) is 5.75 Å². The van der Waals surface area contributed by atoms with Gasteiger partial charge in [-0.15, -0.1) is 0 Å². The fraction of sp³-hybridized carbons (Fsp3) is 0.562. The third kappa shape index (κ3) is 2.66. The molecule has 0 unspecified atom stereocenters. The molecule has 3 heteroatoms. The Hall–Kier alpha value is -1.35. The Labute approximate surface area is 114 Å². The molecule has 1 saturated carbocycles. The van der Waals surface area contributed by atoms with E-state index < -0.39 is 5.60 Å². The first-order valence-corrected chi connectivity index (χ1v) is 6.87. The molecule has 0 aromatic heterocycles. The number of ketones is 1. The maximum absolute atomic E-state index is 12.8. The molecule has 1 aromatic rings. The van der Waals surface area contributed by atoms with Crippen LogP contribution < -0.4 is 4.74 Å². The fourth-order valence-electron chi connectivity index (χ4n) is 2.91. The Bertz CT molecular complexity index is 459. The zero-order valence-corrected chi connectivity index (χ0v) is 12.0. The summed E-state index contributed by atoms with van der Waals surface area (Å²) < 4.78 is 10.8. The van der Waals surface area contributed by atoms with Crippen molar-refractivity contribution in [3.05, 3.63) is 29.3 Å². The number of hydrogen-bond acceptors (Lipinski definition) is 3. The lowest BCUT2D eigenvalue weighted by Crippen LogP contribution is -2.42. The Morgan fingerprint density at radius 1 is 1.16 bits per heavy atom. The van der Waals surface area contributed by atoms with Gasteiger partial charge in [0.15, 0.2) is 5.78 Å². The minimum absolute atomic E-state index is 0.120. The molecule has 0 spiro atoms. The highest BCUT2D eigenvalue weighted by Gasteiger charge is 2.40. The Morgan fingerprint density at radius 2 is 1.84 bits per heavy atom. The van der Waals surface area contributed by atoms with Crippen LogP contribution >= 0.6 is 0 Å². The van der Waals surface area contributed by atoms with Crippen molar-refractivity contribution in [3.63, 3.8) is 0 Å². The number of methoxy groups -OCH3 is 2. The molecule has 0 radical (unpaired) electrons. The van der Waals surface area contributed by atoms with Crippen LogP contribution in [0.3, 0.4) is 0 Å². The van der Waals surface area contributed by atoms with E-state index in [1.54, 1.807) is 14.2 Å². The van der Waals surface area contributed by atoms with Gasteiger partial charge in [-0.3, -0.25) is 4.79 Å². The zero-order valence-electron chi connectivity index (χ0n) is 12.0. The van der Waals surface area contributed by atoms with Gasteiger partial charge in [0.25, 0.3) is 0 Å². The summed E-state index contributed by atoms with van der Waals surface area (Å²) in [4.78, 5) is 12.8. The average molecular weight is 262 g/mol. The molecule has 0 atom stereocenters. The third-order valence-corrected chi connectivity index (χ3v) is 4.14. The number of carbonyl (C=O) groups excluding carboxylic acids is 1. The van der Waals surface area contributed by atoms with Crippen molar-refractivity contribution in [2.24, 2.45) is 0 Å². The molecule has 0 heterocycles. The van der Waals surface area contributed by atoms with Crippen molar-refractivity contribution in [1.29, 1.82) is 0 Å². The minimum atomic E-state index is -0.613. The quantitative estimate of drug-likeness (QED) is 0.779. The lowest BCUT2D eigenvalue weighted by Gasteiger charge is -2.34. The predicted octanol–water partition coefficient (Wildman–Crippen LogP) is 3.54. The maximum Gasteiger partial charge on any atom is 0.194 e. The van der Waals surface area contributed by atoms with Crippen LogP contribution in [0.15, 0.2) is 18.2 Å². The highest BCUT2D eigenvalue weighted by atomic mass is 16.5. The summed E-state index contributed by atoms with van der Waals surface area (Å²) >= 11 is 0. The van der Waals surface area contributed by atoms with E-state index in [-0.39, 0.29) is 5.78 Å². The SMILES string of the molecule is COc1ccc(C(=O)C2(OC)CCCCC2)c(C)c1. The van der Waals surface area contributed by atoms with Gasteiger partial charge in [-0.1, -0.05) is 19.3 Å². The molecule has 19 heavy (non-hydrogen) atoms. The van der Waals surface area contributed by atoms with Crippen LogP contribution in [0.4, 0.5) is 0 Å². The summed E-state index contributed by atoms with van der Waals surface area (Å²) in [7, 11) is 3.29. The van der Waals surface area contributed by atoms with Crippen molar-refractivity contribution in [2.45, 2.75) is 44.6 Å². The molecule has 0 bridgehead atoms. The van der Waals surface area contributed by atoms with Gasteiger partial charge in [-0.2, -0.15) is 0 Å². The average Bonchev–Trinajstić information content (AvgIpc) is 2.47. The third-order valence-electron chi connectivity index (χ3n) is 4.14. The zero-order chi connectivity index (χ0) is 13.9. The summed E-state index contributed by atoms with van der Waals surface area (Å²) in [6, 6.07) is 5.59. The second-order valence-electron chi connectivity index (χ2n) is 5.27. The van der Waals surface area contributed by atoms with E-state index in [1.165, 1.54) is 6.42 Å². The number of Topliss-reactive ketones (excluding diaryl/α,β-unsaturated/α-hetero) is 1. The monoisotopic (exact) mass is 262 g/mol. The van der Waals surface area contributed by atoms with Crippen molar-refractivity contribution >= 4 is 5.78 Å². The largest absolute Gasteiger partial charge is 0.497 e. The normalized spacial score (nSPS) is 18.1. The van der Waals surface area contributed by atoms with Gasteiger partial charge in [-0.25, -0.2) is 0 Å². The van der Waals surface area contributed by atoms with Gasteiger partial charge < -0.3 is 9.47 Å². The van der Waals surface area contributed by atoms with Crippen molar-refractivity contribution < 1.29 is 14.3 Å². The van der Waals surface area contributed by atoms with Crippen LogP contribution in [-0.4, -0.2) is 25.6 Å². The van der Waals surface area contributed by atoms with Crippen LogP contribution in [0.1, 0.15) is 48.0 Å². The van der Waals surface area contributed by atoms with Crippen LogP contribution in [0.2, 0.25) is 0 Å². The number of aryl methyl sites for hydroxylation is 1. The molecule has 1 aliphatic carbocycles. The van der Waals surface area contributed by atoms with Gasteiger partial charge >= 0.3 is 0 Å². The summed E-state index contributed by atoms with van der Waals surface area (Å²) in [5.41, 5.74) is 1.09. The molecule has 1 aliphatic rings. The van der Waals surface area contributed by atoms with E-state index in [1.807, 2.05) is 25.1 Å². The molecule has 1 fully saturated rings. The highest BCUT2D eigenvalue weighted by Crippen LogP contribution is 2.35. The molecule has 2 rings (SSSR count). The fourth-order valence-corrected chi connectivity index (χ4v) is 2.91. The number of carbonyl (C=O) groups is 1. The lowest BCUT2D eigenvalue weighted by atomic mass is 9.78. The number of hydrogen-bond donors (Lipinski definition) is 0. The summed E-state index contributed by atoms with van der Waals surface area (Å²) in [6.45, 7) is 1.95. The van der Waals surface area contributed by atoms with E-state index in [9.17, 15) is 4.79 Å². The summed E-state index contributed by atoms with van der Waals surface area (Å²) in [5.74, 6) is 0.902. The second-order valence-corrected chi connectivity index (χ2v) is 5.27. The molecular weight excluding hydrogens is 240 g/mol. The van der Waals surface area contributed by atoms with Crippen molar-refractivity contribution in [2.75, 3.05) is 14.2 Å². The predicted molar refractivity (Wildman–Crippen MR) is 74.9 cm³/mol. The first-order chi connectivity index (χ1) is 9.13. The smallest absolute Gasteiger partial charge is 0.194 e. The minimum Gasteiger partial charge on any atom is -0.497 e. The standard InChI is InChI=1S/C16H22O3/c1-12-11-13(18-2)7-8-14(12)15(17)16(19-3)9-5-4-6-10-16/h7-8,11H,4-6,9-10H2,1-3H3. The number of benzene rings is 1. The molecule has 104 valence electrons. The van der Waals surface area contributed by atoms with Crippen molar-refractivity contribution in [3.8, 4) is 5.75 Å². The van der Waals surface area contributed by atoms with Crippen LogP contribution in [0.25, 0.3) is 0 Å². The highest BCUT2D eigenvalue weighted by molar-refractivity contribution is 6.03. The topological polar surface area (TPSA) is 35.5 Å². The molecule has 0 saturated heterocycles. The molecule has 0 amide bonds. The molecule has 1 aromatic carbocycles. The van der Waals surface area contributed by atoms with Gasteiger partial charge in [0, 0.05) is 12.7 Å². The van der Waals surface area contributed by atoms with Gasteiger partial charge in [0.2, 0.25) is 0 Å². The van der Waals surface area contributed by atoms with Gasteiger partial charge in [0.05, 0.1) is 7.11 Å². The summed E-state index contributed by atoms with van der Waals surface area (Å²) in [6.07, 6.45) is 4.98. The van der Waals surface area contributed by atoms with E-state index in [2.05, 4.69) is 0 Å². The molecular formula is C16H22O3. The summed E-state index contributed by atoms with van der Waals surface area (Å²) in [5, 5.41) is 0. The van der Waals surface area contributed by atoms with E-state index >= 15 is 0 Å². The Kier molecular flexibility index (Phi) is 4.25. The first kappa shape index (κ1) is 14.1.